The topological polar surface area (TPSA) is 0 Å². The first-order valence-electron chi connectivity index (χ1n) is 1.89. The minimum absolute atomic E-state index is 1.29. The summed E-state index contributed by atoms with van der Waals surface area (Å²) in [4.78, 5) is 1.29. The molecule has 0 aliphatic carbocycles. The molecule has 0 unspecified atom stereocenters. The first-order chi connectivity index (χ1) is 3.31. The van der Waals surface area contributed by atoms with E-state index in [-0.39, 0.29) is 0 Å². The number of allylic oxidation sites excluding steroid dienone is 3. The minimum atomic E-state index is 1.29. The van der Waals surface area contributed by atoms with E-state index in [9.17, 15) is 0 Å². The lowest BCUT2D eigenvalue weighted by Gasteiger charge is -1.83. The van der Waals surface area contributed by atoms with E-state index in [1.54, 1.807) is 15.0 Å². The van der Waals surface area contributed by atoms with Crippen LogP contribution in [0.15, 0.2) is 23.6 Å². The Morgan fingerprint density at radius 2 is 2.43 bits per heavy atom. The molecule has 0 aromatic carbocycles. The van der Waals surface area contributed by atoms with Gasteiger partial charge in [0.15, 0.2) is 0 Å². The van der Waals surface area contributed by atoms with Crippen molar-refractivity contribution in [2.24, 2.45) is 0 Å². The van der Waals surface area contributed by atoms with Crippen molar-refractivity contribution in [2.75, 3.05) is 0 Å². The molecule has 0 aromatic rings. The van der Waals surface area contributed by atoms with E-state index >= 15 is 0 Å². The van der Waals surface area contributed by atoms with Crippen molar-refractivity contribution in [1.82, 2.24) is 0 Å². The molecule has 0 radical (unpaired) electrons. The lowest BCUT2D eigenvalue weighted by Crippen LogP contribution is -1.53. The molecule has 0 rings (SSSR count). The summed E-state index contributed by atoms with van der Waals surface area (Å²) < 4.78 is 0. The van der Waals surface area contributed by atoms with Gasteiger partial charge in [-0.1, -0.05) is 27.7 Å². The van der Waals surface area contributed by atoms with Crippen LogP contribution >= 0.6 is 30.1 Å². The van der Waals surface area contributed by atoms with Gasteiger partial charge in [-0.15, -0.1) is 0 Å². The molecule has 0 atom stereocenters. The number of hydrogen-bond donors (Lipinski definition) is 0. The molecule has 0 saturated heterocycles. The van der Waals surface area contributed by atoms with Gasteiger partial charge in [-0.05, 0) is 11.8 Å². The van der Waals surface area contributed by atoms with E-state index in [1.807, 2.05) is 6.08 Å². The highest BCUT2D eigenvalue weighted by atomic mass is 127. The van der Waals surface area contributed by atoms with Crippen LogP contribution in [0, 0.1) is 0 Å². The Balaban J connectivity index is 3.49. The van der Waals surface area contributed by atoms with E-state index in [0.29, 0.717) is 0 Å². The van der Waals surface area contributed by atoms with E-state index in [1.165, 1.54) is 4.91 Å². The Bertz CT molecular complexity index is 86.1. The zero-order valence-corrected chi connectivity index (χ0v) is 7.12. The van der Waals surface area contributed by atoms with Gasteiger partial charge in [0.1, 0.15) is 0 Å². The molecule has 0 saturated carbocycles. The predicted molar refractivity (Wildman–Crippen MR) is 45.6 cm³/mol. The van der Waals surface area contributed by atoms with Crippen molar-refractivity contribution in [2.45, 2.75) is 6.92 Å². The first-order valence-corrected chi connectivity index (χ1v) is 5.25. The summed E-state index contributed by atoms with van der Waals surface area (Å²) >= 11 is 2.24. The highest BCUT2D eigenvalue weighted by molar-refractivity contribution is 14.2. The fourth-order valence-corrected chi connectivity index (χ4v) is 0.780. The van der Waals surface area contributed by atoms with E-state index in [2.05, 4.69) is 34.7 Å². The highest BCUT2D eigenvalue weighted by Crippen LogP contribution is 2.21. The minimum Gasteiger partial charge on any atom is -0.0990 e. The summed E-state index contributed by atoms with van der Waals surface area (Å²) in [5.74, 6) is 0. The average Bonchev–Trinajstić information content (AvgIpc) is 1.68. The van der Waals surface area contributed by atoms with Crippen molar-refractivity contribution in [1.29, 1.82) is 0 Å². The van der Waals surface area contributed by atoms with Crippen LogP contribution in [0.25, 0.3) is 0 Å². The zero-order chi connectivity index (χ0) is 5.70. The highest BCUT2D eigenvalue weighted by Gasteiger charge is 1.77. The second kappa shape index (κ2) is 4.71. The first kappa shape index (κ1) is 7.56. The van der Waals surface area contributed by atoms with Crippen LogP contribution in [0.1, 0.15) is 6.92 Å². The van der Waals surface area contributed by atoms with Crippen LogP contribution in [0.3, 0.4) is 0 Å². The Hall–Kier alpha value is 0.560. The SMILES string of the molecule is C=C/C=C(/C)SI. The van der Waals surface area contributed by atoms with Gasteiger partial charge in [0.2, 0.25) is 0 Å². The van der Waals surface area contributed by atoms with E-state index in [0.717, 1.165) is 0 Å². The molecule has 0 fully saturated rings. The Morgan fingerprint density at radius 1 is 1.86 bits per heavy atom. The number of hydrogen-bond acceptors (Lipinski definition) is 1. The molecule has 0 bridgehead atoms. The molecule has 0 N–H and O–H groups in total. The average molecular weight is 226 g/mol. The third-order valence-corrected chi connectivity index (χ3v) is 2.94. The van der Waals surface area contributed by atoms with Crippen molar-refractivity contribution < 1.29 is 0 Å². The molecule has 0 aliphatic heterocycles. The van der Waals surface area contributed by atoms with Crippen LogP contribution in [0.2, 0.25) is 0 Å². The molecule has 0 heterocycles. The van der Waals surface area contributed by atoms with Gasteiger partial charge in [0, 0.05) is 21.2 Å². The van der Waals surface area contributed by atoms with Gasteiger partial charge >= 0.3 is 0 Å². The second-order valence-corrected chi connectivity index (χ2v) is 3.21. The molecule has 0 spiro atoms. The fraction of sp³-hybridized carbons (Fsp3) is 0.200. The van der Waals surface area contributed by atoms with Crippen LogP contribution in [0.5, 0.6) is 0 Å². The van der Waals surface area contributed by atoms with Gasteiger partial charge in [-0.2, -0.15) is 0 Å². The maximum atomic E-state index is 3.56. The summed E-state index contributed by atoms with van der Waals surface area (Å²) in [6.45, 7) is 5.61. The molecule has 2 heteroatoms. The van der Waals surface area contributed by atoms with Gasteiger partial charge in [0.25, 0.3) is 0 Å². The summed E-state index contributed by atoms with van der Waals surface area (Å²) in [6.07, 6.45) is 3.78. The molecule has 40 valence electrons. The maximum absolute atomic E-state index is 3.56. The molecule has 7 heavy (non-hydrogen) atoms. The van der Waals surface area contributed by atoms with Crippen molar-refractivity contribution in [3.8, 4) is 0 Å². The van der Waals surface area contributed by atoms with Crippen molar-refractivity contribution in [3.05, 3.63) is 23.6 Å². The molecule has 0 aromatic heterocycles. The molecular weight excluding hydrogens is 219 g/mol. The van der Waals surface area contributed by atoms with Crippen LogP contribution in [-0.4, -0.2) is 0 Å². The summed E-state index contributed by atoms with van der Waals surface area (Å²) in [7, 11) is 1.71. The van der Waals surface area contributed by atoms with Crippen LogP contribution < -0.4 is 0 Å². The summed E-state index contributed by atoms with van der Waals surface area (Å²) in [5.41, 5.74) is 0. The van der Waals surface area contributed by atoms with Gasteiger partial charge in [0.05, 0.1) is 0 Å². The Labute approximate surface area is 60.7 Å². The quantitative estimate of drug-likeness (QED) is 0.514. The molecule has 0 aliphatic rings. The fourth-order valence-electron chi connectivity index (χ4n) is 0.192. The van der Waals surface area contributed by atoms with Crippen LogP contribution in [-0.2, 0) is 0 Å². The molecular formula is C5H7IS. The summed E-state index contributed by atoms with van der Waals surface area (Å²) in [5, 5.41) is 0. The van der Waals surface area contributed by atoms with Gasteiger partial charge in [-0.3, -0.25) is 0 Å². The third kappa shape index (κ3) is 4.41. The number of halogens is 1. The molecule has 0 nitrogen and oxygen atoms in total. The smallest absolute Gasteiger partial charge is 0.00105 e. The predicted octanol–water partition coefficient (Wildman–Crippen LogP) is 3.16. The maximum Gasteiger partial charge on any atom is 0.00105 e. The normalized spacial score (nSPS) is 11.4. The second-order valence-electron chi connectivity index (χ2n) is 1.09. The monoisotopic (exact) mass is 226 g/mol. The lowest BCUT2D eigenvalue weighted by atomic mass is 10.5. The standard InChI is InChI=1S/C5H7IS/c1-3-4-5(2)7-6/h3-4H,1H2,2H3/b5-4-. The zero-order valence-electron chi connectivity index (χ0n) is 4.15. The Kier molecular flexibility index (Phi) is 5.09. The van der Waals surface area contributed by atoms with Gasteiger partial charge < -0.3 is 0 Å². The Morgan fingerprint density at radius 3 is 2.57 bits per heavy atom. The third-order valence-electron chi connectivity index (χ3n) is 0.474. The molecule has 0 amide bonds. The summed E-state index contributed by atoms with van der Waals surface area (Å²) in [6, 6.07) is 0. The largest absolute Gasteiger partial charge is 0.0990 e. The van der Waals surface area contributed by atoms with Crippen molar-refractivity contribution >= 4 is 30.1 Å². The van der Waals surface area contributed by atoms with Gasteiger partial charge in [-0.25, -0.2) is 0 Å². The van der Waals surface area contributed by atoms with Crippen molar-refractivity contribution in [3.63, 3.8) is 0 Å². The lowest BCUT2D eigenvalue weighted by molar-refractivity contribution is 1.69. The van der Waals surface area contributed by atoms with E-state index in [4.69, 9.17) is 0 Å². The van der Waals surface area contributed by atoms with Crippen LogP contribution in [0.4, 0.5) is 0 Å². The number of rotatable bonds is 2. The van der Waals surface area contributed by atoms with E-state index < -0.39 is 0 Å².